The van der Waals surface area contributed by atoms with Crippen molar-refractivity contribution in [1.82, 2.24) is 4.98 Å². The number of pyridine rings is 1. The second-order valence-electron chi connectivity index (χ2n) is 4.75. The molecule has 0 fully saturated rings. The van der Waals surface area contributed by atoms with Crippen LogP contribution in [0.3, 0.4) is 0 Å². The molecule has 0 aliphatic rings. The Morgan fingerprint density at radius 3 is 2.48 bits per heavy atom. The maximum absolute atomic E-state index is 12.1. The third kappa shape index (κ3) is 3.53. The second-order valence-corrected chi connectivity index (χ2v) is 6.15. The van der Waals surface area contributed by atoms with Gasteiger partial charge in [-0.3, -0.25) is 4.79 Å². The van der Waals surface area contributed by atoms with Crippen molar-refractivity contribution >= 4 is 29.1 Å². The van der Waals surface area contributed by atoms with Crippen molar-refractivity contribution in [2.24, 2.45) is 0 Å². The molecule has 114 valence electrons. The molecule has 0 aliphatic carbocycles. The zero-order valence-electron chi connectivity index (χ0n) is 12.6. The summed E-state index contributed by atoms with van der Waals surface area (Å²) in [5, 5.41) is 19.4. The van der Waals surface area contributed by atoms with Gasteiger partial charge in [-0.05, 0) is 31.5 Å². The highest BCUT2D eigenvalue weighted by molar-refractivity contribution is 7.99. The summed E-state index contributed by atoms with van der Waals surface area (Å²) in [5.41, 5.74) is 2.54. The van der Waals surface area contributed by atoms with E-state index >= 15 is 0 Å². The molecule has 2 rings (SSSR count). The minimum atomic E-state index is -0.159. The van der Waals surface area contributed by atoms with E-state index in [2.05, 4.69) is 11.1 Å². The Balaban J connectivity index is 2.81. The van der Waals surface area contributed by atoms with Gasteiger partial charge in [-0.15, -0.1) is 0 Å². The van der Waals surface area contributed by atoms with Crippen LogP contribution in [-0.2, 0) is 0 Å². The van der Waals surface area contributed by atoms with Gasteiger partial charge in [0.1, 0.15) is 11.1 Å². The number of ketones is 1. The third-order valence-corrected chi connectivity index (χ3v) is 4.31. The van der Waals surface area contributed by atoms with Gasteiger partial charge in [0.25, 0.3) is 0 Å². The van der Waals surface area contributed by atoms with E-state index in [1.54, 1.807) is 31.2 Å². The van der Waals surface area contributed by atoms with Crippen molar-refractivity contribution in [2.75, 3.05) is 5.75 Å². The number of carbonyl (C=O) groups is 1. The lowest BCUT2D eigenvalue weighted by atomic mass is 9.93. The number of nitrogens with zero attached hydrogens (tertiary/aromatic N) is 3. The summed E-state index contributed by atoms with van der Waals surface area (Å²) in [6.07, 6.45) is 0. The van der Waals surface area contributed by atoms with Crippen LogP contribution in [0.5, 0.6) is 0 Å². The van der Waals surface area contributed by atoms with E-state index < -0.39 is 0 Å². The van der Waals surface area contributed by atoms with Crippen molar-refractivity contribution in [3.8, 4) is 23.3 Å². The topological polar surface area (TPSA) is 77.5 Å². The Bertz CT molecular complexity index is 848. The van der Waals surface area contributed by atoms with Crippen LogP contribution in [0.2, 0.25) is 5.02 Å². The van der Waals surface area contributed by atoms with Crippen LogP contribution in [0.4, 0.5) is 0 Å². The fourth-order valence-corrected chi connectivity index (χ4v) is 3.14. The Morgan fingerprint density at radius 2 is 1.96 bits per heavy atom. The lowest BCUT2D eigenvalue weighted by Gasteiger charge is -2.15. The number of carbonyl (C=O) groups excluding carboxylic acids is 1. The van der Waals surface area contributed by atoms with Crippen molar-refractivity contribution < 1.29 is 4.79 Å². The Hall–Kier alpha value is -2.34. The number of thioether (sulfide) groups is 1. The quantitative estimate of drug-likeness (QED) is 0.608. The summed E-state index contributed by atoms with van der Waals surface area (Å²) in [4.78, 5) is 16.4. The number of aromatic nitrogens is 1. The molecule has 0 atom stereocenters. The van der Waals surface area contributed by atoms with Gasteiger partial charge in [-0.2, -0.15) is 10.5 Å². The van der Waals surface area contributed by atoms with Gasteiger partial charge >= 0.3 is 0 Å². The number of rotatable bonds is 4. The summed E-state index contributed by atoms with van der Waals surface area (Å²) in [6, 6.07) is 11.1. The standard InChI is InChI=1S/C17H12ClN3OS/c1-10-15(11(2)22)16(12-3-5-13(18)6-4-12)14(9-20)17(21-10)23-8-7-19/h3-6H,8H2,1-2H3. The van der Waals surface area contributed by atoms with E-state index in [0.717, 1.165) is 5.56 Å². The molecule has 2 aromatic rings. The lowest BCUT2D eigenvalue weighted by molar-refractivity contribution is 0.101. The van der Waals surface area contributed by atoms with Gasteiger partial charge in [0.05, 0.1) is 23.1 Å². The van der Waals surface area contributed by atoms with Crippen molar-refractivity contribution in [3.05, 3.63) is 46.1 Å². The van der Waals surface area contributed by atoms with E-state index in [1.165, 1.54) is 18.7 Å². The van der Waals surface area contributed by atoms with Gasteiger partial charge in [0, 0.05) is 16.1 Å². The van der Waals surface area contributed by atoms with Crippen molar-refractivity contribution in [2.45, 2.75) is 18.9 Å². The van der Waals surface area contributed by atoms with E-state index in [4.69, 9.17) is 16.9 Å². The normalized spacial score (nSPS) is 9.96. The molecule has 0 amide bonds. The van der Waals surface area contributed by atoms with Crippen LogP contribution in [0.15, 0.2) is 29.3 Å². The van der Waals surface area contributed by atoms with E-state index in [1.807, 2.05) is 6.07 Å². The zero-order chi connectivity index (χ0) is 17.0. The fourth-order valence-electron chi connectivity index (χ4n) is 2.32. The minimum absolute atomic E-state index is 0.159. The first-order chi connectivity index (χ1) is 11.0. The van der Waals surface area contributed by atoms with Crippen LogP contribution in [-0.4, -0.2) is 16.5 Å². The average molecular weight is 342 g/mol. The van der Waals surface area contributed by atoms with Gasteiger partial charge in [-0.25, -0.2) is 4.98 Å². The molecule has 23 heavy (non-hydrogen) atoms. The maximum Gasteiger partial charge on any atom is 0.162 e. The molecule has 1 heterocycles. The van der Waals surface area contributed by atoms with E-state index in [9.17, 15) is 10.1 Å². The van der Waals surface area contributed by atoms with Crippen LogP contribution in [0, 0.1) is 29.6 Å². The van der Waals surface area contributed by atoms with Crippen LogP contribution in [0.25, 0.3) is 11.1 Å². The summed E-state index contributed by atoms with van der Waals surface area (Å²) in [5.74, 6) is 0.0221. The Morgan fingerprint density at radius 1 is 1.30 bits per heavy atom. The van der Waals surface area contributed by atoms with Gasteiger partial charge in [0.15, 0.2) is 5.78 Å². The number of hydrogen-bond acceptors (Lipinski definition) is 5. The molecule has 1 aromatic heterocycles. The number of halogens is 1. The first-order valence-corrected chi connectivity index (χ1v) is 8.07. The molecular formula is C17H12ClN3OS. The number of nitriles is 2. The SMILES string of the molecule is CC(=O)c1c(C)nc(SCC#N)c(C#N)c1-c1ccc(Cl)cc1. The van der Waals surface area contributed by atoms with Crippen LogP contribution >= 0.6 is 23.4 Å². The number of hydrogen-bond donors (Lipinski definition) is 0. The van der Waals surface area contributed by atoms with Crippen molar-refractivity contribution in [1.29, 1.82) is 10.5 Å². The second kappa shape index (κ2) is 7.28. The van der Waals surface area contributed by atoms with Crippen LogP contribution in [0.1, 0.15) is 28.5 Å². The molecule has 1 aromatic carbocycles. The highest BCUT2D eigenvalue weighted by Crippen LogP contribution is 2.35. The van der Waals surface area contributed by atoms with E-state index in [0.29, 0.717) is 32.4 Å². The van der Waals surface area contributed by atoms with Crippen LogP contribution < -0.4 is 0 Å². The molecule has 0 saturated heterocycles. The number of Topliss-reactive ketones (excluding diaryl/α,β-unsaturated/α-hetero) is 1. The number of aryl methyl sites for hydroxylation is 1. The molecule has 0 N–H and O–H groups in total. The molecule has 0 aliphatic heterocycles. The molecule has 0 unspecified atom stereocenters. The molecular weight excluding hydrogens is 330 g/mol. The summed E-state index contributed by atoms with van der Waals surface area (Å²) in [6.45, 7) is 3.18. The van der Waals surface area contributed by atoms with Gasteiger partial charge in [0.2, 0.25) is 0 Å². The zero-order valence-corrected chi connectivity index (χ0v) is 14.1. The fraction of sp³-hybridized carbons (Fsp3) is 0.176. The maximum atomic E-state index is 12.1. The summed E-state index contributed by atoms with van der Waals surface area (Å²) in [7, 11) is 0. The Labute approximate surface area is 143 Å². The predicted octanol–water partition coefficient (Wildman–Crippen LogP) is 4.40. The van der Waals surface area contributed by atoms with E-state index in [-0.39, 0.29) is 11.5 Å². The largest absolute Gasteiger partial charge is 0.294 e. The number of benzene rings is 1. The average Bonchev–Trinajstić information content (AvgIpc) is 2.52. The van der Waals surface area contributed by atoms with Gasteiger partial charge in [-0.1, -0.05) is 35.5 Å². The Kier molecular flexibility index (Phi) is 5.39. The summed E-state index contributed by atoms with van der Waals surface area (Å²) >= 11 is 7.11. The lowest BCUT2D eigenvalue weighted by Crippen LogP contribution is -2.07. The van der Waals surface area contributed by atoms with Gasteiger partial charge < -0.3 is 0 Å². The monoisotopic (exact) mass is 341 g/mol. The molecule has 4 nitrogen and oxygen atoms in total. The highest BCUT2D eigenvalue weighted by Gasteiger charge is 2.22. The highest BCUT2D eigenvalue weighted by atomic mass is 35.5. The third-order valence-electron chi connectivity index (χ3n) is 3.22. The molecule has 0 radical (unpaired) electrons. The predicted molar refractivity (Wildman–Crippen MR) is 90.5 cm³/mol. The molecule has 0 spiro atoms. The first-order valence-electron chi connectivity index (χ1n) is 6.71. The summed E-state index contributed by atoms with van der Waals surface area (Å²) < 4.78 is 0. The van der Waals surface area contributed by atoms with Crippen molar-refractivity contribution in [3.63, 3.8) is 0 Å². The first kappa shape index (κ1) is 17.0. The minimum Gasteiger partial charge on any atom is -0.294 e. The molecule has 0 saturated carbocycles. The molecule has 0 bridgehead atoms. The smallest absolute Gasteiger partial charge is 0.162 e. The molecule has 6 heteroatoms.